The molecule has 26 heavy (non-hydrogen) atoms. The molecule has 1 N–H and O–H groups in total. The highest BCUT2D eigenvalue weighted by Gasteiger charge is 2.16. The van der Waals surface area contributed by atoms with Crippen LogP contribution in [0.1, 0.15) is 49.4 Å². The zero-order chi connectivity index (χ0) is 18.4. The van der Waals surface area contributed by atoms with Crippen molar-refractivity contribution in [3.63, 3.8) is 0 Å². The van der Waals surface area contributed by atoms with Crippen molar-refractivity contribution in [2.75, 3.05) is 26.4 Å². The molecule has 0 saturated carbocycles. The van der Waals surface area contributed by atoms with Crippen molar-refractivity contribution in [3.05, 3.63) is 35.4 Å². The SMILES string of the molecule is CC(=O)N(CCNC(=O)c1ccc2c(c1)OCO2)CCC1=CCCCC1. The number of allylic oxidation sites excluding steroid dienone is 1. The Hall–Kier alpha value is -2.50. The van der Waals surface area contributed by atoms with Crippen LogP contribution in [0.2, 0.25) is 0 Å². The van der Waals surface area contributed by atoms with Crippen LogP contribution in [0, 0.1) is 0 Å². The molecule has 6 heteroatoms. The number of carbonyl (C=O) groups excluding carboxylic acids is 2. The van der Waals surface area contributed by atoms with E-state index in [0.717, 1.165) is 19.3 Å². The second-order valence-electron chi connectivity index (χ2n) is 6.69. The fourth-order valence-electron chi connectivity index (χ4n) is 3.28. The number of benzene rings is 1. The van der Waals surface area contributed by atoms with Crippen molar-refractivity contribution in [1.29, 1.82) is 0 Å². The monoisotopic (exact) mass is 358 g/mol. The lowest BCUT2D eigenvalue weighted by Crippen LogP contribution is -2.38. The van der Waals surface area contributed by atoms with E-state index in [2.05, 4.69) is 11.4 Å². The molecule has 0 atom stereocenters. The van der Waals surface area contributed by atoms with Gasteiger partial charge >= 0.3 is 0 Å². The Morgan fingerprint density at radius 2 is 2.00 bits per heavy atom. The van der Waals surface area contributed by atoms with E-state index in [1.165, 1.54) is 18.4 Å². The molecule has 1 heterocycles. The van der Waals surface area contributed by atoms with E-state index in [1.807, 2.05) is 0 Å². The van der Waals surface area contributed by atoms with Crippen LogP contribution in [0.3, 0.4) is 0 Å². The number of nitrogens with zero attached hydrogens (tertiary/aromatic N) is 1. The Morgan fingerprint density at radius 1 is 1.15 bits per heavy atom. The minimum Gasteiger partial charge on any atom is -0.454 e. The number of ether oxygens (including phenoxy) is 2. The van der Waals surface area contributed by atoms with Crippen LogP contribution in [-0.2, 0) is 4.79 Å². The fraction of sp³-hybridized carbons (Fsp3) is 0.500. The fourth-order valence-corrected chi connectivity index (χ4v) is 3.28. The molecule has 0 fully saturated rings. The van der Waals surface area contributed by atoms with Crippen LogP contribution >= 0.6 is 0 Å². The molecule has 0 aromatic heterocycles. The van der Waals surface area contributed by atoms with Gasteiger partial charge in [-0.1, -0.05) is 11.6 Å². The summed E-state index contributed by atoms with van der Waals surface area (Å²) in [6.07, 6.45) is 8.05. The Bertz CT molecular complexity index is 699. The van der Waals surface area contributed by atoms with E-state index in [-0.39, 0.29) is 18.6 Å². The number of hydrogen-bond donors (Lipinski definition) is 1. The summed E-state index contributed by atoms with van der Waals surface area (Å²) in [5.74, 6) is 1.10. The third kappa shape index (κ3) is 4.77. The quantitative estimate of drug-likeness (QED) is 0.761. The summed E-state index contributed by atoms with van der Waals surface area (Å²) < 4.78 is 10.5. The first-order chi connectivity index (χ1) is 12.6. The van der Waals surface area contributed by atoms with Gasteiger partial charge in [-0.2, -0.15) is 0 Å². The molecule has 2 amide bonds. The minimum atomic E-state index is -0.179. The topological polar surface area (TPSA) is 67.9 Å². The smallest absolute Gasteiger partial charge is 0.251 e. The van der Waals surface area contributed by atoms with Crippen molar-refractivity contribution in [3.8, 4) is 11.5 Å². The zero-order valence-corrected chi connectivity index (χ0v) is 15.3. The molecule has 1 aromatic rings. The van der Waals surface area contributed by atoms with Crippen LogP contribution in [0.25, 0.3) is 0 Å². The van der Waals surface area contributed by atoms with Crippen LogP contribution in [0.15, 0.2) is 29.8 Å². The normalized spacial score (nSPS) is 15.3. The highest BCUT2D eigenvalue weighted by molar-refractivity contribution is 5.94. The van der Waals surface area contributed by atoms with Crippen LogP contribution in [-0.4, -0.2) is 43.1 Å². The van der Waals surface area contributed by atoms with E-state index in [0.29, 0.717) is 36.7 Å². The average Bonchev–Trinajstić information content (AvgIpc) is 3.12. The molecule has 1 aliphatic carbocycles. The predicted molar refractivity (Wildman–Crippen MR) is 98.3 cm³/mol. The maximum Gasteiger partial charge on any atom is 0.251 e. The second-order valence-corrected chi connectivity index (χ2v) is 6.69. The Labute approximate surface area is 154 Å². The summed E-state index contributed by atoms with van der Waals surface area (Å²) in [5.41, 5.74) is 1.97. The molecule has 0 bridgehead atoms. The number of rotatable bonds is 7. The maximum absolute atomic E-state index is 12.3. The summed E-state index contributed by atoms with van der Waals surface area (Å²) in [7, 11) is 0. The van der Waals surface area contributed by atoms with Crippen molar-refractivity contribution in [1.82, 2.24) is 10.2 Å². The number of nitrogens with one attached hydrogen (secondary N) is 1. The lowest BCUT2D eigenvalue weighted by molar-refractivity contribution is -0.128. The summed E-state index contributed by atoms with van der Waals surface area (Å²) >= 11 is 0. The van der Waals surface area contributed by atoms with Crippen molar-refractivity contribution in [2.24, 2.45) is 0 Å². The summed E-state index contributed by atoms with van der Waals surface area (Å²) in [6.45, 7) is 3.41. The van der Waals surface area contributed by atoms with Crippen molar-refractivity contribution < 1.29 is 19.1 Å². The third-order valence-electron chi connectivity index (χ3n) is 4.84. The summed E-state index contributed by atoms with van der Waals surface area (Å²) in [5, 5.41) is 2.87. The number of fused-ring (bicyclic) bond motifs is 1. The lowest BCUT2D eigenvalue weighted by atomic mass is 9.97. The zero-order valence-electron chi connectivity index (χ0n) is 15.3. The second kappa shape index (κ2) is 8.74. The molecule has 0 unspecified atom stereocenters. The third-order valence-corrected chi connectivity index (χ3v) is 4.84. The molecule has 6 nitrogen and oxygen atoms in total. The van der Waals surface area contributed by atoms with Crippen LogP contribution < -0.4 is 14.8 Å². The van der Waals surface area contributed by atoms with Gasteiger partial charge in [0.05, 0.1) is 0 Å². The molecule has 0 saturated heterocycles. The van der Waals surface area contributed by atoms with Gasteiger partial charge in [-0.3, -0.25) is 9.59 Å². The van der Waals surface area contributed by atoms with Gasteiger partial charge in [0, 0.05) is 32.1 Å². The van der Waals surface area contributed by atoms with Crippen LogP contribution in [0.4, 0.5) is 0 Å². The maximum atomic E-state index is 12.3. The van der Waals surface area contributed by atoms with Gasteiger partial charge in [-0.15, -0.1) is 0 Å². The minimum absolute atomic E-state index is 0.0405. The average molecular weight is 358 g/mol. The van der Waals surface area contributed by atoms with E-state index < -0.39 is 0 Å². The largest absolute Gasteiger partial charge is 0.454 e. The molecule has 3 rings (SSSR count). The van der Waals surface area contributed by atoms with Gasteiger partial charge in [0.15, 0.2) is 11.5 Å². The number of hydrogen-bond acceptors (Lipinski definition) is 4. The Balaban J connectivity index is 1.46. The molecular formula is C20H26N2O4. The van der Waals surface area contributed by atoms with E-state index in [4.69, 9.17) is 9.47 Å². The van der Waals surface area contributed by atoms with Gasteiger partial charge in [0.25, 0.3) is 5.91 Å². The Morgan fingerprint density at radius 3 is 2.77 bits per heavy atom. The number of carbonyl (C=O) groups is 2. The first-order valence-corrected chi connectivity index (χ1v) is 9.25. The molecule has 2 aliphatic rings. The van der Waals surface area contributed by atoms with Gasteiger partial charge in [0.1, 0.15) is 0 Å². The predicted octanol–water partition coefficient (Wildman–Crippen LogP) is 2.88. The van der Waals surface area contributed by atoms with Gasteiger partial charge < -0.3 is 19.7 Å². The first kappa shape index (κ1) is 18.3. The summed E-state index contributed by atoms with van der Waals surface area (Å²) in [4.78, 5) is 25.9. The molecule has 140 valence electrons. The molecular weight excluding hydrogens is 332 g/mol. The highest BCUT2D eigenvalue weighted by Crippen LogP contribution is 2.32. The first-order valence-electron chi connectivity index (χ1n) is 9.25. The van der Waals surface area contributed by atoms with Crippen LogP contribution in [0.5, 0.6) is 11.5 Å². The van der Waals surface area contributed by atoms with E-state index >= 15 is 0 Å². The van der Waals surface area contributed by atoms with E-state index in [1.54, 1.807) is 30.0 Å². The molecule has 1 aromatic carbocycles. The van der Waals surface area contributed by atoms with Gasteiger partial charge in [0.2, 0.25) is 12.7 Å². The number of amides is 2. The Kier molecular flexibility index (Phi) is 6.15. The van der Waals surface area contributed by atoms with Crippen molar-refractivity contribution in [2.45, 2.75) is 39.0 Å². The van der Waals surface area contributed by atoms with Gasteiger partial charge in [-0.25, -0.2) is 0 Å². The molecule has 0 radical (unpaired) electrons. The van der Waals surface area contributed by atoms with Crippen molar-refractivity contribution >= 4 is 11.8 Å². The summed E-state index contributed by atoms with van der Waals surface area (Å²) in [6, 6.07) is 5.12. The molecule has 0 spiro atoms. The lowest BCUT2D eigenvalue weighted by Gasteiger charge is -2.23. The molecule has 1 aliphatic heterocycles. The van der Waals surface area contributed by atoms with Gasteiger partial charge in [-0.05, 0) is 50.3 Å². The van der Waals surface area contributed by atoms with E-state index in [9.17, 15) is 9.59 Å². The highest BCUT2D eigenvalue weighted by atomic mass is 16.7. The standard InChI is InChI=1S/C20H26N2O4/c1-15(23)22(11-9-16-5-3-2-4-6-16)12-10-21-20(24)17-7-8-18-19(13-17)26-14-25-18/h5,7-8,13H,2-4,6,9-12,14H2,1H3,(H,21,24).